The average Bonchev–Trinajstić information content (AvgIpc) is 3.09. The Balaban J connectivity index is 1.65. The zero-order valence-corrected chi connectivity index (χ0v) is 12.8. The number of carbonyl (C=O) groups is 1. The maximum Gasteiger partial charge on any atom is 0.234 e. The van der Waals surface area contributed by atoms with Crippen LogP contribution in [0, 0.1) is 11.2 Å². The highest BCUT2D eigenvalue weighted by molar-refractivity contribution is 7.17. The van der Waals surface area contributed by atoms with Gasteiger partial charge < -0.3 is 14.8 Å². The molecule has 2 aromatic rings. The topological polar surface area (TPSA) is 60.5 Å². The summed E-state index contributed by atoms with van der Waals surface area (Å²) in [5.41, 5.74) is -0.519. The number of hydrogen-bond acceptors (Lipinski definition) is 5. The van der Waals surface area contributed by atoms with Crippen molar-refractivity contribution in [3.63, 3.8) is 0 Å². The van der Waals surface area contributed by atoms with Crippen molar-refractivity contribution in [3.05, 3.63) is 36.3 Å². The number of nitrogens with zero attached hydrogens (tertiary/aromatic N) is 1. The molecule has 116 valence electrons. The molecule has 22 heavy (non-hydrogen) atoms. The molecular formula is C15H15FN2O3S. The maximum absolute atomic E-state index is 13.1. The van der Waals surface area contributed by atoms with E-state index in [1.54, 1.807) is 12.1 Å². The van der Waals surface area contributed by atoms with Crippen LogP contribution in [0.15, 0.2) is 30.5 Å². The SMILES string of the molecule is C[C@@]1(C(=O)Nc2ncc(Oc3cccc(F)c3)s2)CCOC1. The third-order valence-corrected chi connectivity index (χ3v) is 4.28. The normalized spacial score (nSPS) is 20.8. The van der Waals surface area contributed by atoms with Crippen molar-refractivity contribution in [2.24, 2.45) is 5.41 Å². The maximum atomic E-state index is 13.1. The van der Waals surface area contributed by atoms with E-state index in [2.05, 4.69) is 10.3 Å². The molecule has 1 aliphatic rings. The molecule has 3 rings (SSSR count). The Morgan fingerprint density at radius 2 is 2.41 bits per heavy atom. The second-order valence-electron chi connectivity index (χ2n) is 5.36. The molecule has 0 saturated carbocycles. The summed E-state index contributed by atoms with van der Waals surface area (Å²) < 4.78 is 23.9. The van der Waals surface area contributed by atoms with Gasteiger partial charge in [-0.25, -0.2) is 9.37 Å². The van der Waals surface area contributed by atoms with Gasteiger partial charge in [0.2, 0.25) is 11.0 Å². The number of thiazole rings is 1. The molecular weight excluding hydrogens is 307 g/mol. The van der Waals surface area contributed by atoms with Gasteiger partial charge >= 0.3 is 0 Å². The minimum atomic E-state index is -0.519. The van der Waals surface area contributed by atoms with Gasteiger partial charge in [0, 0.05) is 12.7 Å². The molecule has 0 radical (unpaired) electrons. The Bertz CT molecular complexity index is 683. The fourth-order valence-corrected chi connectivity index (χ4v) is 2.79. The molecule has 1 N–H and O–H groups in total. The largest absolute Gasteiger partial charge is 0.445 e. The molecule has 1 aromatic carbocycles. The quantitative estimate of drug-likeness (QED) is 0.937. The Morgan fingerprint density at radius 1 is 1.55 bits per heavy atom. The van der Waals surface area contributed by atoms with Crippen LogP contribution in [-0.4, -0.2) is 24.1 Å². The number of halogens is 1. The third kappa shape index (κ3) is 3.26. The first kappa shape index (κ1) is 14.9. The Labute approximate surface area is 131 Å². The molecule has 2 heterocycles. The van der Waals surface area contributed by atoms with Crippen molar-refractivity contribution in [3.8, 4) is 10.8 Å². The number of rotatable bonds is 4. The Hall–Kier alpha value is -1.99. The van der Waals surface area contributed by atoms with Gasteiger partial charge in [0.25, 0.3) is 0 Å². The smallest absolute Gasteiger partial charge is 0.234 e. The number of amides is 1. The standard InChI is InChI=1S/C15H15FN2O3S/c1-15(5-6-20-9-15)13(19)18-14-17-8-12(22-14)21-11-4-2-3-10(16)7-11/h2-4,7-8H,5-6,9H2,1H3,(H,17,18,19)/t15-/m1/s1. The number of nitrogens with one attached hydrogen (secondary N) is 1. The van der Waals surface area contributed by atoms with Gasteiger partial charge in [-0.2, -0.15) is 0 Å². The third-order valence-electron chi connectivity index (χ3n) is 3.49. The van der Waals surface area contributed by atoms with Crippen molar-refractivity contribution >= 4 is 22.4 Å². The molecule has 1 aromatic heterocycles. The molecule has 1 atom stereocenters. The van der Waals surface area contributed by atoms with Gasteiger partial charge in [-0.15, -0.1) is 0 Å². The number of hydrogen-bond donors (Lipinski definition) is 1. The van der Waals surface area contributed by atoms with Crippen molar-refractivity contribution in [2.75, 3.05) is 18.5 Å². The van der Waals surface area contributed by atoms with Crippen LogP contribution in [-0.2, 0) is 9.53 Å². The Morgan fingerprint density at radius 3 is 3.14 bits per heavy atom. The van der Waals surface area contributed by atoms with E-state index in [0.717, 1.165) is 0 Å². The minimum Gasteiger partial charge on any atom is -0.445 e. The predicted molar refractivity (Wildman–Crippen MR) is 80.8 cm³/mol. The monoisotopic (exact) mass is 322 g/mol. The van der Waals surface area contributed by atoms with Crippen LogP contribution in [0.25, 0.3) is 0 Å². The number of ether oxygens (including phenoxy) is 2. The molecule has 1 fully saturated rings. The summed E-state index contributed by atoms with van der Waals surface area (Å²) in [7, 11) is 0. The molecule has 0 spiro atoms. The summed E-state index contributed by atoms with van der Waals surface area (Å²) in [5.74, 6) is -0.0981. The van der Waals surface area contributed by atoms with Crippen LogP contribution in [0.5, 0.6) is 10.8 Å². The minimum absolute atomic E-state index is 0.114. The first-order valence-electron chi connectivity index (χ1n) is 6.84. The van der Waals surface area contributed by atoms with Gasteiger partial charge in [-0.1, -0.05) is 17.4 Å². The zero-order valence-electron chi connectivity index (χ0n) is 12.0. The van der Waals surface area contributed by atoms with Crippen LogP contribution in [0.2, 0.25) is 0 Å². The lowest BCUT2D eigenvalue weighted by Crippen LogP contribution is -2.33. The van der Waals surface area contributed by atoms with E-state index in [4.69, 9.17) is 9.47 Å². The number of carbonyl (C=O) groups excluding carboxylic acids is 1. The second kappa shape index (κ2) is 6.02. The second-order valence-corrected chi connectivity index (χ2v) is 6.35. The zero-order chi connectivity index (χ0) is 15.6. The lowest BCUT2D eigenvalue weighted by molar-refractivity contribution is -0.124. The van der Waals surface area contributed by atoms with E-state index in [9.17, 15) is 9.18 Å². The van der Waals surface area contributed by atoms with Gasteiger partial charge in [0.15, 0.2) is 5.13 Å². The van der Waals surface area contributed by atoms with Crippen molar-refractivity contribution < 1.29 is 18.7 Å². The first-order valence-corrected chi connectivity index (χ1v) is 7.65. The van der Waals surface area contributed by atoms with Crippen LogP contribution in [0.1, 0.15) is 13.3 Å². The van der Waals surface area contributed by atoms with Gasteiger partial charge in [0.1, 0.15) is 11.6 Å². The summed E-state index contributed by atoms with van der Waals surface area (Å²) in [6, 6.07) is 5.84. The van der Waals surface area contributed by atoms with Crippen LogP contribution >= 0.6 is 11.3 Å². The molecule has 7 heteroatoms. The molecule has 5 nitrogen and oxygen atoms in total. The molecule has 1 amide bonds. The summed E-state index contributed by atoms with van der Waals surface area (Å²) in [4.78, 5) is 16.3. The number of benzene rings is 1. The summed E-state index contributed by atoms with van der Waals surface area (Å²) >= 11 is 1.19. The van der Waals surface area contributed by atoms with E-state index >= 15 is 0 Å². The highest BCUT2D eigenvalue weighted by atomic mass is 32.1. The average molecular weight is 322 g/mol. The summed E-state index contributed by atoms with van der Waals surface area (Å²) in [5, 5.41) is 3.71. The molecule has 0 bridgehead atoms. The molecule has 0 unspecified atom stereocenters. The predicted octanol–water partition coefficient (Wildman–Crippen LogP) is 3.44. The van der Waals surface area contributed by atoms with E-state index in [-0.39, 0.29) is 11.7 Å². The number of anilines is 1. The van der Waals surface area contributed by atoms with Crippen LogP contribution < -0.4 is 10.1 Å². The van der Waals surface area contributed by atoms with E-state index < -0.39 is 5.41 Å². The van der Waals surface area contributed by atoms with Gasteiger partial charge in [-0.05, 0) is 25.5 Å². The molecule has 1 saturated heterocycles. The first-order chi connectivity index (χ1) is 10.5. The van der Waals surface area contributed by atoms with Crippen LogP contribution in [0.4, 0.5) is 9.52 Å². The van der Waals surface area contributed by atoms with Crippen molar-refractivity contribution in [1.82, 2.24) is 4.98 Å². The van der Waals surface area contributed by atoms with E-state index in [1.165, 1.54) is 29.7 Å². The fourth-order valence-electron chi connectivity index (χ4n) is 2.11. The van der Waals surface area contributed by atoms with Gasteiger partial charge in [-0.3, -0.25) is 4.79 Å². The highest BCUT2D eigenvalue weighted by Gasteiger charge is 2.37. The van der Waals surface area contributed by atoms with Gasteiger partial charge in [0.05, 0.1) is 18.2 Å². The fraction of sp³-hybridized carbons (Fsp3) is 0.333. The summed E-state index contributed by atoms with van der Waals surface area (Å²) in [6.45, 7) is 2.87. The number of aromatic nitrogens is 1. The van der Waals surface area contributed by atoms with Crippen molar-refractivity contribution in [1.29, 1.82) is 0 Å². The summed E-state index contributed by atoms with van der Waals surface area (Å²) in [6.07, 6.45) is 2.19. The lowest BCUT2D eigenvalue weighted by Gasteiger charge is -2.19. The van der Waals surface area contributed by atoms with E-state index in [0.29, 0.717) is 35.6 Å². The van der Waals surface area contributed by atoms with E-state index in [1.807, 2.05) is 6.92 Å². The Kier molecular flexibility index (Phi) is 4.08. The van der Waals surface area contributed by atoms with Crippen LogP contribution in [0.3, 0.4) is 0 Å². The van der Waals surface area contributed by atoms with Crippen molar-refractivity contribution in [2.45, 2.75) is 13.3 Å². The molecule has 1 aliphatic heterocycles. The molecule has 0 aliphatic carbocycles. The lowest BCUT2D eigenvalue weighted by atomic mass is 9.89. The highest BCUT2D eigenvalue weighted by Crippen LogP contribution is 2.33.